The fourth-order valence-corrected chi connectivity index (χ4v) is 5.65. The lowest BCUT2D eigenvalue weighted by molar-refractivity contribution is -0.148. The van der Waals surface area contributed by atoms with E-state index in [2.05, 4.69) is 0 Å². The second-order valence-corrected chi connectivity index (χ2v) is 8.91. The van der Waals surface area contributed by atoms with Crippen molar-refractivity contribution in [2.75, 3.05) is 14.1 Å². The molecule has 9 nitrogen and oxygen atoms in total. The third-order valence-corrected chi connectivity index (χ3v) is 7.08. The van der Waals surface area contributed by atoms with Crippen molar-refractivity contribution in [1.29, 1.82) is 0 Å². The fraction of sp³-hybridized carbons (Fsp3) is 0.435. The van der Waals surface area contributed by atoms with Crippen molar-refractivity contribution in [3.05, 3.63) is 51.5 Å². The highest BCUT2D eigenvalue weighted by molar-refractivity contribution is 6.24. The van der Waals surface area contributed by atoms with Crippen LogP contribution in [0, 0.1) is 11.8 Å². The average Bonchev–Trinajstić information content (AvgIpc) is 2.70. The Morgan fingerprint density at radius 1 is 1.22 bits per heavy atom. The van der Waals surface area contributed by atoms with Crippen LogP contribution in [0.5, 0.6) is 5.75 Å². The molecule has 170 valence electrons. The van der Waals surface area contributed by atoms with E-state index in [-0.39, 0.29) is 23.3 Å². The summed E-state index contributed by atoms with van der Waals surface area (Å²) in [4.78, 5) is 40.0. The number of aryl methyl sites for hydroxylation is 1. The highest BCUT2D eigenvalue weighted by Gasteiger charge is 2.63. The number of hydrogen-bond acceptors (Lipinski definition) is 8. The van der Waals surface area contributed by atoms with Gasteiger partial charge in [0.1, 0.15) is 22.8 Å². The molecule has 32 heavy (non-hydrogen) atoms. The number of benzene rings is 1. The van der Waals surface area contributed by atoms with Crippen molar-refractivity contribution in [2.24, 2.45) is 17.6 Å². The standard InChI is InChI=1S/C23H26N2O7/c1-4-9-5-6-13(26)15-11(9)7-10-8-12-17(25(2)3)19(28)16(22(24)31)21(30)23(12,32)20(29)14(10)18(15)27/h5-6,10,12,17,26,28-29,32H,4,7-8H2,1-3H3,(H2,24,31)/t10-,12+,17+,23+/m1/s1. The molecule has 0 spiro atoms. The quantitative estimate of drug-likeness (QED) is 0.427. The molecule has 0 heterocycles. The Kier molecular flexibility index (Phi) is 4.94. The predicted molar refractivity (Wildman–Crippen MR) is 113 cm³/mol. The minimum absolute atomic E-state index is 0.0464. The first-order chi connectivity index (χ1) is 15.0. The molecule has 6 N–H and O–H groups in total. The molecule has 0 aromatic heterocycles. The topological polar surface area (TPSA) is 161 Å². The Hall–Kier alpha value is -3.17. The number of likely N-dealkylation sites (N-methyl/N-ethyl adjacent to an activating group) is 1. The first kappa shape index (κ1) is 22.0. The van der Waals surface area contributed by atoms with Crippen LogP contribution >= 0.6 is 0 Å². The minimum Gasteiger partial charge on any atom is -0.510 e. The van der Waals surface area contributed by atoms with Crippen LogP contribution in [0.25, 0.3) is 0 Å². The number of aliphatic hydroxyl groups excluding tert-OH is 2. The number of rotatable bonds is 3. The van der Waals surface area contributed by atoms with Crippen LogP contribution < -0.4 is 5.73 Å². The maximum Gasteiger partial charge on any atom is 0.255 e. The van der Waals surface area contributed by atoms with E-state index in [1.165, 1.54) is 11.0 Å². The molecule has 0 unspecified atom stereocenters. The van der Waals surface area contributed by atoms with Crippen LogP contribution in [-0.2, 0) is 22.4 Å². The number of aromatic hydroxyl groups is 1. The average molecular weight is 442 g/mol. The lowest BCUT2D eigenvalue weighted by Gasteiger charge is -2.50. The van der Waals surface area contributed by atoms with Gasteiger partial charge in [0.05, 0.1) is 11.6 Å². The van der Waals surface area contributed by atoms with Gasteiger partial charge in [-0.1, -0.05) is 13.0 Å². The molecule has 0 saturated carbocycles. The van der Waals surface area contributed by atoms with Crippen molar-refractivity contribution in [3.8, 4) is 5.75 Å². The summed E-state index contributed by atoms with van der Waals surface area (Å²) in [6.07, 6.45) is 1.03. The molecule has 1 aromatic rings. The van der Waals surface area contributed by atoms with Crippen molar-refractivity contribution in [1.82, 2.24) is 4.90 Å². The van der Waals surface area contributed by atoms with Crippen LogP contribution in [0.15, 0.2) is 34.8 Å². The number of phenols is 1. The number of phenolic OH excluding ortho intramolecular Hbond substituents is 1. The summed E-state index contributed by atoms with van der Waals surface area (Å²) in [7, 11) is 3.20. The molecule has 0 aliphatic heterocycles. The number of carbonyl (C=O) groups excluding carboxylic acids is 3. The van der Waals surface area contributed by atoms with Gasteiger partial charge in [-0.15, -0.1) is 0 Å². The van der Waals surface area contributed by atoms with Gasteiger partial charge in [0, 0.05) is 11.5 Å². The van der Waals surface area contributed by atoms with Crippen molar-refractivity contribution in [2.45, 2.75) is 37.8 Å². The predicted octanol–water partition coefficient (Wildman–Crippen LogP) is 0.683. The number of fused-ring (bicyclic) bond motifs is 3. The maximum atomic E-state index is 13.4. The maximum absolute atomic E-state index is 13.4. The summed E-state index contributed by atoms with van der Waals surface area (Å²) >= 11 is 0. The van der Waals surface area contributed by atoms with Crippen molar-refractivity contribution < 1.29 is 34.8 Å². The van der Waals surface area contributed by atoms with Crippen LogP contribution in [0.2, 0.25) is 0 Å². The number of aliphatic hydroxyl groups is 3. The molecule has 1 amide bonds. The van der Waals surface area contributed by atoms with E-state index in [1.54, 1.807) is 20.2 Å². The molecule has 0 saturated heterocycles. The monoisotopic (exact) mass is 442 g/mol. The number of nitrogens with zero attached hydrogens (tertiary/aromatic N) is 1. The van der Waals surface area contributed by atoms with Crippen molar-refractivity contribution >= 4 is 17.5 Å². The van der Waals surface area contributed by atoms with Gasteiger partial charge in [0.25, 0.3) is 5.91 Å². The minimum atomic E-state index is -2.61. The largest absolute Gasteiger partial charge is 0.510 e. The summed E-state index contributed by atoms with van der Waals surface area (Å²) in [6.45, 7) is 1.93. The fourth-order valence-electron chi connectivity index (χ4n) is 5.65. The molecule has 3 aliphatic rings. The van der Waals surface area contributed by atoms with E-state index in [9.17, 15) is 34.8 Å². The number of hydrogen-bond donors (Lipinski definition) is 5. The van der Waals surface area contributed by atoms with Gasteiger partial charge < -0.3 is 26.2 Å². The number of amides is 1. The van der Waals surface area contributed by atoms with Crippen LogP contribution in [0.1, 0.15) is 34.8 Å². The van der Waals surface area contributed by atoms with Gasteiger partial charge in [0.15, 0.2) is 11.4 Å². The highest BCUT2D eigenvalue weighted by atomic mass is 16.3. The Morgan fingerprint density at radius 2 is 1.88 bits per heavy atom. The number of nitrogens with two attached hydrogens (primary N) is 1. The number of ketones is 2. The van der Waals surface area contributed by atoms with Crippen LogP contribution in [0.4, 0.5) is 0 Å². The van der Waals surface area contributed by atoms with Gasteiger partial charge in [-0.2, -0.15) is 0 Å². The first-order valence-electron chi connectivity index (χ1n) is 10.4. The number of Topliss-reactive ketones (excluding diaryl/α,β-unsaturated/α-hetero) is 2. The second kappa shape index (κ2) is 7.18. The number of allylic oxidation sites excluding steroid dienone is 1. The summed E-state index contributed by atoms with van der Waals surface area (Å²) < 4.78 is 0. The lowest BCUT2D eigenvalue weighted by atomic mass is 9.58. The van der Waals surface area contributed by atoms with E-state index in [0.717, 1.165) is 5.56 Å². The third kappa shape index (κ3) is 2.67. The summed E-state index contributed by atoms with van der Waals surface area (Å²) in [5.74, 6) is -6.37. The highest BCUT2D eigenvalue weighted by Crippen LogP contribution is 2.52. The van der Waals surface area contributed by atoms with E-state index >= 15 is 0 Å². The Morgan fingerprint density at radius 3 is 2.44 bits per heavy atom. The van der Waals surface area contributed by atoms with E-state index < -0.39 is 58.0 Å². The smallest absolute Gasteiger partial charge is 0.255 e. The number of carbonyl (C=O) groups is 3. The molecule has 3 aliphatic carbocycles. The van der Waals surface area contributed by atoms with Crippen molar-refractivity contribution in [3.63, 3.8) is 0 Å². The van der Waals surface area contributed by atoms with Crippen LogP contribution in [-0.4, -0.2) is 68.5 Å². The molecule has 1 aromatic carbocycles. The van der Waals surface area contributed by atoms with Gasteiger partial charge in [0.2, 0.25) is 5.78 Å². The Balaban J connectivity index is 1.98. The first-order valence-corrected chi connectivity index (χ1v) is 10.4. The van der Waals surface area contributed by atoms with Crippen LogP contribution in [0.3, 0.4) is 0 Å². The molecular formula is C23H26N2O7. The molecule has 0 fully saturated rings. The molecular weight excluding hydrogens is 416 g/mol. The van der Waals surface area contributed by atoms with Gasteiger partial charge in [-0.25, -0.2) is 0 Å². The molecule has 4 rings (SSSR count). The Labute approximate surface area is 184 Å². The van der Waals surface area contributed by atoms with Gasteiger partial charge in [-0.3, -0.25) is 19.3 Å². The lowest BCUT2D eigenvalue weighted by Crippen LogP contribution is -2.63. The molecule has 0 bridgehead atoms. The number of primary amides is 1. The van der Waals surface area contributed by atoms with Gasteiger partial charge >= 0.3 is 0 Å². The van der Waals surface area contributed by atoms with E-state index in [4.69, 9.17) is 5.73 Å². The normalized spacial score (nSPS) is 29.7. The van der Waals surface area contributed by atoms with E-state index in [0.29, 0.717) is 18.4 Å². The van der Waals surface area contributed by atoms with Gasteiger partial charge in [-0.05, 0) is 56.5 Å². The zero-order valence-corrected chi connectivity index (χ0v) is 18.0. The third-order valence-electron chi connectivity index (χ3n) is 7.08. The summed E-state index contributed by atoms with van der Waals surface area (Å²) in [5, 5.41) is 43.8. The van der Waals surface area contributed by atoms with E-state index in [1.807, 2.05) is 6.92 Å². The second-order valence-electron chi connectivity index (χ2n) is 8.91. The summed E-state index contributed by atoms with van der Waals surface area (Å²) in [6, 6.07) is 2.17. The molecule has 4 atom stereocenters. The zero-order valence-electron chi connectivity index (χ0n) is 18.0. The SMILES string of the molecule is CCc1ccc(O)c2c1C[C@@H]1C[C@H]3[C@H](N(C)C)C(O)=C(C(N)=O)C(=O)[C@@]3(O)C(O)=C1C2=O. The molecule has 0 radical (unpaired) electrons. The Bertz CT molecular complexity index is 1130. The molecule has 9 heteroatoms. The zero-order chi connectivity index (χ0) is 23.7. The summed E-state index contributed by atoms with van der Waals surface area (Å²) in [5.41, 5.74) is 3.34.